The number of benzene rings is 1. The second-order valence-corrected chi connectivity index (χ2v) is 5.06. The van der Waals surface area contributed by atoms with Crippen molar-refractivity contribution < 1.29 is 9.13 Å². The predicted octanol–water partition coefficient (Wildman–Crippen LogP) is 1.71. The van der Waals surface area contributed by atoms with Crippen molar-refractivity contribution in [1.29, 1.82) is 0 Å². The van der Waals surface area contributed by atoms with Gasteiger partial charge in [0.05, 0.1) is 0 Å². The van der Waals surface area contributed by atoms with E-state index in [0.29, 0.717) is 18.7 Å². The lowest BCUT2D eigenvalue weighted by Crippen LogP contribution is -2.53. The van der Waals surface area contributed by atoms with Gasteiger partial charge in [0.25, 0.3) is 0 Å². The molecule has 0 spiro atoms. The summed E-state index contributed by atoms with van der Waals surface area (Å²) in [4.78, 5) is 0. The van der Waals surface area contributed by atoms with Crippen LogP contribution in [-0.4, -0.2) is 19.3 Å². The molecule has 2 unspecified atom stereocenters. The number of rotatable bonds is 1. The Morgan fingerprint density at radius 1 is 1.62 bits per heavy atom. The molecule has 1 aromatic rings. The molecule has 88 valence electrons. The maximum Gasteiger partial charge on any atom is 0.129 e. The summed E-state index contributed by atoms with van der Waals surface area (Å²) in [6.45, 7) is 2.98. The third-order valence-corrected chi connectivity index (χ3v) is 3.21. The van der Waals surface area contributed by atoms with Gasteiger partial charge in [0.1, 0.15) is 17.6 Å². The van der Waals surface area contributed by atoms with Gasteiger partial charge in [0, 0.05) is 23.1 Å². The third-order valence-electron chi connectivity index (χ3n) is 2.72. The van der Waals surface area contributed by atoms with Gasteiger partial charge in [-0.3, -0.25) is 0 Å². The first-order valence-corrected chi connectivity index (χ1v) is 5.90. The highest BCUT2D eigenvalue weighted by molar-refractivity contribution is 9.10. The van der Waals surface area contributed by atoms with Gasteiger partial charge in [-0.25, -0.2) is 4.39 Å². The molecule has 3 nitrogen and oxygen atoms in total. The Bertz CT molecular complexity index is 402. The molecule has 0 radical (unpaired) electrons. The number of nitrogens with one attached hydrogen (secondary N) is 1. The van der Waals surface area contributed by atoms with E-state index in [9.17, 15) is 4.39 Å². The van der Waals surface area contributed by atoms with Crippen LogP contribution >= 0.6 is 15.9 Å². The fraction of sp³-hybridized carbons (Fsp3) is 0.455. The fourth-order valence-corrected chi connectivity index (χ4v) is 2.29. The second-order valence-electron chi connectivity index (χ2n) is 4.14. The van der Waals surface area contributed by atoms with Crippen LogP contribution in [0.25, 0.3) is 0 Å². The molecular formula is C11H14BrFN2O. The van der Waals surface area contributed by atoms with Gasteiger partial charge in [-0.15, -0.1) is 0 Å². The van der Waals surface area contributed by atoms with Crippen LogP contribution in [0.4, 0.5) is 4.39 Å². The zero-order chi connectivity index (χ0) is 11.8. The average Bonchev–Trinajstić information content (AvgIpc) is 2.21. The molecule has 0 aliphatic carbocycles. The van der Waals surface area contributed by atoms with E-state index in [-0.39, 0.29) is 5.82 Å². The van der Waals surface area contributed by atoms with Crippen LogP contribution in [0, 0.1) is 5.82 Å². The minimum absolute atomic E-state index is 0.276. The largest absolute Gasteiger partial charge is 0.350 e. The smallest absolute Gasteiger partial charge is 0.129 e. The SMILES string of the molecule is CC1(c2cc(Br)ccc2F)CNCC(N)O1. The summed E-state index contributed by atoms with van der Waals surface area (Å²) < 4.78 is 20.2. The minimum Gasteiger partial charge on any atom is -0.350 e. The van der Waals surface area contributed by atoms with Crippen LogP contribution in [-0.2, 0) is 10.3 Å². The molecule has 1 fully saturated rings. The third kappa shape index (κ3) is 2.27. The molecule has 0 saturated carbocycles. The molecule has 3 N–H and O–H groups in total. The van der Waals surface area contributed by atoms with E-state index >= 15 is 0 Å². The standard InChI is InChI=1S/C11H14BrFN2O/c1-11(6-15-5-10(14)16-11)8-4-7(12)2-3-9(8)13/h2-4,10,15H,5-6,14H2,1H3. The highest BCUT2D eigenvalue weighted by atomic mass is 79.9. The monoisotopic (exact) mass is 288 g/mol. The zero-order valence-electron chi connectivity index (χ0n) is 8.97. The number of hydrogen-bond acceptors (Lipinski definition) is 3. The van der Waals surface area contributed by atoms with Crippen LogP contribution in [0.1, 0.15) is 12.5 Å². The Balaban J connectivity index is 2.37. The highest BCUT2D eigenvalue weighted by Gasteiger charge is 2.35. The van der Waals surface area contributed by atoms with E-state index in [1.165, 1.54) is 6.07 Å². The molecule has 0 bridgehead atoms. The van der Waals surface area contributed by atoms with E-state index in [4.69, 9.17) is 10.5 Å². The Morgan fingerprint density at radius 3 is 3.06 bits per heavy atom. The van der Waals surface area contributed by atoms with Crippen molar-refractivity contribution in [3.8, 4) is 0 Å². The number of morpholine rings is 1. The molecule has 1 aliphatic heterocycles. The summed E-state index contributed by atoms with van der Waals surface area (Å²) in [5.41, 5.74) is 5.52. The van der Waals surface area contributed by atoms with Crippen LogP contribution in [0.15, 0.2) is 22.7 Å². The number of nitrogens with two attached hydrogens (primary N) is 1. The highest BCUT2D eigenvalue weighted by Crippen LogP contribution is 2.31. The van der Waals surface area contributed by atoms with Crippen LogP contribution < -0.4 is 11.1 Å². The van der Waals surface area contributed by atoms with Crippen molar-refractivity contribution in [2.75, 3.05) is 13.1 Å². The predicted molar refractivity (Wildman–Crippen MR) is 63.4 cm³/mol. The lowest BCUT2D eigenvalue weighted by Gasteiger charge is -2.38. The number of halogens is 2. The molecule has 0 amide bonds. The summed E-state index contributed by atoms with van der Waals surface area (Å²) in [5, 5.41) is 3.14. The Hall–Kier alpha value is -0.490. The second kappa shape index (κ2) is 4.41. The molecule has 16 heavy (non-hydrogen) atoms. The van der Waals surface area contributed by atoms with Gasteiger partial charge in [0.2, 0.25) is 0 Å². The van der Waals surface area contributed by atoms with Gasteiger partial charge in [-0.1, -0.05) is 15.9 Å². The molecular weight excluding hydrogens is 275 g/mol. The molecule has 1 heterocycles. The van der Waals surface area contributed by atoms with Crippen LogP contribution in [0.5, 0.6) is 0 Å². The van der Waals surface area contributed by atoms with Crippen molar-refractivity contribution in [3.63, 3.8) is 0 Å². The molecule has 5 heteroatoms. The molecule has 2 atom stereocenters. The Labute approximate surface area is 102 Å². The maximum atomic E-state index is 13.8. The lowest BCUT2D eigenvalue weighted by atomic mass is 9.94. The number of hydrogen-bond donors (Lipinski definition) is 2. The molecule has 1 saturated heterocycles. The quantitative estimate of drug-likeness (QED) is 0.827. The van der Waals surface area contributed by atoms with Crippen molar-refractivity contribution in [2.24, 2.45) is 5.73 Å². The summed E-state index contributed by atoms with van der Waals surface area (Å²) >= 11 is 3.33. The topological polar surface area (TPSA) is 47.3 Å². The summed E-state index contributed by atoms with van der Waals surface area (Å²) in [5.74, 6) is -0.276. The van der Waals surface area contributed by atoms with E-state index in [0.717, 1.165) is 4.47 Å². The summed E-state index contributed by atoms with van der Waals surface area (Å²) in [7, 11) is 0. The van der Waals surface area contributed by atoms with Crippen molar-refractivity contribution in [1.82, 2.24) is 5.32 Å². The number of ether oxygens (including phenoxy) is 1. The van der Waals surface area contributed by atoms with E-state index in [1.807, 2.05) is 6.92 Å². The first-order valence-electron chi connectivity index (χ1n) is 5.11. The molecule has 1 aromatic carbocycles. The summed E-state index contributed by atoms with van der Waals surface area (Å²) in [6.07, 6.45) is -0.405. The molecule has 1 aliphatic rings. The van der Waals surface area contributed by atoms with Crippen LogP contribution in [0.3, 0.4) is 0 Å². The van der Waals surface area contributed by atoms with Gasteiger partial charge in [-0.05, 0) is 25.1 Å². The van der Waals surface area contributed by atoms with Crippen LogP contribution in [0.2, 0.25) is 0 Å². The average molecular weight is 289 g/mol. The Morgan fingerprint density at radius 2 is 2.38 bits per heavy atom. The summed E-state index contributed by atoms with van der Waals surface area (Å²) in [6, 6.07) is 4.82. The zero-order valence-corrected chi connectivity index (χ0v) is 10.6. The normalized spacial score (nSPS) is 30.4. The first-order chi connectivity index (χ1) is 7.51. The van der Waals surface area contributed by atoms with E-state index in [1.54, 1.807) is 12.1 Å². The van der Waals surface area contributed by atoms with E-state index in [2.05, 4.69) is 21.2 Å². The van der Waals surface area contributed by atoms with Gasteiger partial charge in [-0.2, -0.15) is 0 Å². The van der Waals surface area contributed by atoms with Gasteiger partial charge < -0.3 is 15.8 Å². The maximum absolute atomic E-state index is 13.8. The van der Waals surface area contributed by atoms with E-state index < -0.39 is 11.8 Å². The van der Waals surface area contributed by atoms with Crippen molar-refractivity contribution in [3.05, 3.63) is 34.1 Å². The lowest BCUT2D eigenvalue weighted by molar-refractivity contribution is -0.109. The van der Waals surface area contributed by atoms with Crippen molar-refractivity contribution >= 4 is 15.9 Å². The minimum atomic E-state index is -0.717. The Kier molecular flexibility index (Phi) is 3.30. The first kappa shape index (κ1) is 12.0. The molecule has 2 rings (SSSR count). The van der Waals surface area contributed by atoms with Gasteiger partial charge in [0.15, 0.2) is 0 Å². The van der Waals surface area contributed by atoms with Gasteiger partial charge >= 0.3 is 0 Å². The molecule has 0 aromatic heterocycles. The fourth-order valence-electron chi connectivity index (χ4n) is 1.93. The van der Waals surface area contributed by atoms with Crippen molar-refractivity contribution in [2.45, 2.75) is 18.8 Å².